The maximum Gasteiger partial charge on any atom is 0.513 e. The molecule has 0 radical (unpaired) electrons. The van der Waals surface area contributed by atoms with Crippen LogP contribution in [0.3, 0.4) is 0 Å². The first-order valence-corrected chi connectivity index (χ1v) is 12.8. The maximum atomic E-state index is 12.9. The molecule has 9 heteroatoms. The molecule has 2 saturated heterocycles. The second-order valence-corrected chi connectivity index (χ2v) is 9.45. The van der Waals surface area contributed by atoms with E-state index in [0.29, 0.717) is 44.0 Å². The molecular weight excluding hydrogens is 474 g/mol. The second kappa shape index (κ2) is 12.4. The van der Waals surface area contributed by atoms with Gasteiger partial charge in [0.15, 0.2) is 0 Å². The number of likely N-dealkylation sites (tertiary alicyclic amines) is 2. The molecule has 2 aromatic carbocycles. The van der Waals surface area contributed by atoms with Gasteiger partial charge in [0.05, 0.1) is 12.5 Å². The molecule has 1 unspecified atom stereocenters. The first-order valence-electron chi connectivity index (χ1n) is 12.8. The fraction of sp³-hybridized carbons (Fsp3) is 0.429. The van der Waals surface area contributed by atoms with E-state index in [1.807, 2.05) is 30.3 Å². The van der Waals surface area contributed by atoms with Crippen molar-refractivity contribution in [3.63, 3.8) is 0 Å². The molecule has 0 aliphatic carbocycles. The zero-order valence-electron chi connectivity index (χ0n) is 21.1. The molecule has 0 spiro atoms. The zero-order chi connectivity index (χ0) is 26.2. The van der Waals surface area contributed by atoms with E-state index < -0.39 is 6.16 Å². The number of rotatable bonds is 8. The van der Waals surface area contributed by atoms with Gasteiger partial charge in [0, 0.05) is 44.7 Å². The SMILES string of the molecule is CCOC(=O)Oc1ccc(C(=O)N2CCC(CNC(=O)C3CC(=O)N(Cc4ccccc4)C3)CC2)cc1. The lowest BCUT2D eigenvalue weighted by Crippen LogP contribution is -2.42. The normalized spacial score (nSPS) is 18.0. The first-order chi connectivity index (χ1) is 17.9. The summed E-state index contributed by atoms with van der Waals surface area (Å²) in [4.78, 5) is 52.9. The standard InChI is InChI=1S/C28H33N3O6/c1-2-36-28(35)37-24-10-8-22(9-11-24)27(34)30-14-12-20(13-15-30)17-29-26(33)23-16-25(32)31(19-23)18-21-6-4-3-5-7-21/h3-11,20,23H,2,12-19H2,1H3,(H,29,33). The van der Waals surface area contributed by atoms with Crippen molar-refractivity contribution in [3.8, 4) is 5.75 Å². The number of piperidine rings is 1. The van der Waals surface area contributed by atoms with Crippen LogP contribution in [-0.2, 0) is 20.9 Å². The third-order valence-electron chi connectivity index (χ3n) is 6.83. The van der Waals surface area contributed by atoms with Crippen LogP contribution in [0, 0.1) is 11.8 Å². The van der Waals surface area contributed by atoms with Gasteiger partial charge in [-0.05, 0) is 55.5 Å². The number of carbonyl (C=O) groups excluding carboxylic acids is 4. The average molecular weight is 508 g/mol. The van der Waals surface area contributed by atoms with Gasteiger partial charge in [-0.3, -0.25) is 14.4 Å². The summed E-state index contributed by atoms with van der Waals surface area (Å²) >= 11 is 0. The minimum absolute atomic E-state index is 0.0105. The van der Waals surface area contributed by atoms with E-state index in [2.05, 4.69) is 5.32 Å². The Morgan fingerprint density at radius 1 is 1.00 bits per heavy atom. The fourth-order valence-corrected chi connectivity index (χ4v) is 4.73. The van der Waals surface area contributed by atoms with E-state index in [-0.39, 0.29) is 42.6 Å². The molecule has 9 nitrogen and oxygen atoms in total. The quantitative estimate of drug-likeness (QED) is 0.435. The van der Waals surface area contributed by atoms with Gasteiger partial charge in [0.2, 0.25) is 11.8 Å². The predicted octanol–water partition coefficient (Wildman–Crippen LogP) is 3.24. The summed E-state index contributed by atoms with van der Waals surface area (Å²) in [5, 5.41) is 3.03. The molecule has 4 rings (SSSR count). The number of hydrogen-bond acceptors (Lipinski definition) is 6. The molecule has 1 N–H and O–H groups in total. The molecule has 0 bridgehead atoms. The molecule has 2 aromatic rings. The summed E-state index contributed by atoms with van der Waals surface area (Å²) in [6.45, 7) is 4.64. The largest absolute Gasteiger partial charge is 0.513 e. The van der Waals surface area contributed by atoms with Crippen molar-refractivity contribution >= 4 is 23.9 Å². The summed E-state index contributed by atoms with van der Waals surface area (Å²) in [5.41, 5.74) is 1.58. The predicted molar refractivity (Wildman–Crippen MR) is 136 cm³/mol. The lowest BCUT2D eigenvalue weighted by molar-refractivity contribution is -0.129. The van der Waals surface area contributed by atoms with Crippen molar-refractivity contribution < 1.29 is 28.7 Å². The van der Waals surface area contributed by atoms with Gasteiger partial charge >= 0.3 is 6.16 Å². The molecule has 2 aliphatic rings. The average Bonchev–Trinajstić information content (AvgIpc) is 3.28. The van der Waals surface area contributed by atoms with Crippen LogP contribution in [0.2, 0.25) is 0 Å². The molecular formula is C28H33N3O6. The van der Waals surface area contributed by atoms with Crippen molar-refractivity contribution in [2.45, 2.75) is 32.7 Å². The first kappa shape index (κ1) is 26.2. The van der Waals surface area contributed by atoms with Crippen molar-refractivity contribution in [2.75, 3.05) is 32.8 Å². The van der Waals surface area contributed by atoms with Crippen LogP contribution < -0.4 is 10.1 Å². The number of nitrogens with zero attached hydrogens (tertiary/aromatic N) is 2. The number of hydrogen-bond donors (Lipinski definition) is 1. The Hall–Kier alpha value is -3.88. The van der Waals surface area contributed by atoms with Crippen LogP contribution in [0.4, 0.5) is 4.79 Å². The van der Waals surface area contributed by atoms with E-state index >= 15 is 0 Å². The van der Waals surface area contributed by atoms with Crippen molar-refractivity contribution in [1.82, 2.24) is 15.1 Å². The van der Waals surface area contributed by atoms with E-state index in [1.54, 1.807) is 41.0 Å². The zero-order valence-corrected chi connectivity index (χ0v) is 21.1. The van der Waals surface area contributed by atoms with Gasteiger partial charge in [-0.2, -0.15) is 0 Å². The van der Waals surface area contributed by atoms with Crippen LogP contribution in [0.25, 0.3) is 0 Å². The maximum absolute atomic E-state index is 12.9. The van der Waals surface area contributed by atoms with Gasteiger partial charge in [-0.15, -0.1) is 0 Å². The Balaban J connectivity index is 1.18. The highest BCUT2D eigenvalue weighted by atomic mass is 16.7. The highest BCUT2D eigenvalue weighted by Crippen LogP contribution is 2.23. The molecule has 0 aromatic heterocycles. The highest BCUT2D eigenvalue weighted by Gasteiger charge is 2.34. The Kier molecular flexibility index (Phi) is 8.77. The fourth-order valence-electron chi connectivity index (χ4n) is 4.73. The summed E-state index contributed by atoms with van der Waals surface area (Å²) in [7, 11) is 0. The van der Waals surface area contributed by atoms with E-state index in [1.165, 1.54) is 0 Å². The van der Waals surface area contributed by atoms with Crippen molar-refractivity contribution in [2.24, 2.45) is 11.8 Å². The highest BCUT2D eigenvalue weighted by molar-refractivity contribution is 5.94. The molecule has 37 heavy (non-hydrogen) atoms. The van der Waals surface area contributed by atoms with Crippen LogP contribution in [0.5, 0.6) is 5.75 Å². The molecule has 3 amide bonds. The van der Waals surface area contributed by atoms with Gasteiger partial charge in [-0.25, -0.2) is 4.79 Å². The lowest BCUT2D eigenvalue weighted by atomic mass is 9.95. The smallest absolute Gasteiger partial charge is 0.434 e. The van der Waals surface area contributed by atoms with Gasteiger partial charge in [0.25, 0.3) is 5.91 Å². The lowest BCUT2D eigenvalue weighted by Gasteiger charge is -2.32. The van der Waals surface area contributed by atoms with E-state index in [0.717, 1.165) is 18.4 Å². The molecule has 1 atom stereocenters. The van der Waals surface area contributed by atoms with Gasteiger partial charge < -0.3 is 24.6 Å². The van der Waals surface area contributed by atoms with Crippen LogP contribution in [-0.4, -0.2) is 66.5 Å². The number of ether oxygens (including phenoxy) is 2. The molecule has 2 aliphatic heterocycles. The minimum atomic E-state index is -0.778. The third-order valence-corrected chi connectivity index (χ3v) is 6.83. The van der Waals surface area contributed by atoms with Crippen LogP contribution in [0.15, 0.2) is 54.6 Å². The van der Waals surface area contributed by atoms with Crippen molar-refractivity contribution in [3.05, 3.63) is 65.7 Å². The topological polar surface area (TPSA) is 105 Å². The number of carbonyl (C=O) groups is 4. The summed E-state index contributed by atoms with van der Waals surface area (Å²) in [6, 6.07) is 16.2. The Morgan fingerprint density at radius 3 is 2.38 bits per heavy atom. The monoisotopic (exact) mass is 507 g/mol. The minimum Gasteiger partial charge on any atom is -0.434 e. The van der Waals surface area contributed by atoms with Gasteiger partial charge in [0.1, 0.15) is 5.75 Å². The van der Waals surface area contributed by atoms with Crippen molar-refractivity contribution in [1.29, 1.82) is 0 Å². The molecule has 2 heterocycles. The summed E-state index contributed by atoms with van der Waals surface area (Å²) < 4.78 is 9.77. The van der Waals surface area contributed by atoms with Gasteiger partial charge in [-0.1, -0.05) is 30.3 Å². The molecule has 2 fully saturated rings. The third kappa shape index (κ3) is 7.09. The number of nitrogens with one attached hydrogen (secondary N) is 1. The Labute approximate surface area is 216 Å². The van der Waals surface area contributed by atoms with E-state index in [4.69, 9.17) is 9.47 Å². The van der Waals surface area contributed by atoms with Crippen LogP contribution in [0.1, 0.15) is 42.1 Å². The summed E-state index contributed by atoms with van der Waals surface area (Å²) in [6.07, 6.45) is 1.05. The Bertz CT molecular complexity index is 1100. The molecule has 0 saturated carbocycles. The number of amides is 3. The second-order valence-electron chi connectivity index (χ2n) is 9.45. The van der Waals surface area contributed by atoms with Crippen LogP contribution >= 0.6 is 0 Å². The molecule has 196 valence electrons. The summed E-state index contributed by atoms with van der Waals surface area (Å²) in [5.74, 6) is 0.133. The number of benzene rings is 2. The van der Waals surface area contributed by atoms with E-state index in [9.17, 15) is 19.2 Å². The Morgan fingerprint density at radius 2 is 1.70 bits per heavy atom.